The average molecular weight is 402 g/mol. The van der Waals surface area contributed by atoms with E-state index in [1.54, 1.807) is 0 Å². The van der Waals surface area contributed by atoms with E-state index in [-0.39, 0.29) is 11.9 Å². The first kappa shape index (κ1) is 16.7. The molecule has 6 heteroatoms. The van der Waals surface area contributed by atoms with E-state index in [0.29, 0.717) is 10.7 Å². The summed E-state index contributed by atoms with van der Waals surface area (Å²) in [5, 5.41) is 9.67. The van der Waals surface area contributed by atoms with Crippen molar-refractivity contribution in [1.82, 2.24) is 10.6 Å². The van der Waals surface area contributed by atoms with Crippen molar-refractivity contribution in [3.05, 3.63) is 75.9 Å². The summed E-state index contributed by atoms with van der Waals surface area (Å²) in [5.74, 6) is -0.158. The Kier molecular flexibility index (Phi) is 4.97. The number of rotatable bonds is 3. The van der Waals surface area contributed by atoms with E-state index in [1.165, 1.54) is 0 Å². The van der Waals surface area contributed by atoms with Crippen molar-refractivity contribution >= 4 is 44.9 Å². The lowest BCUT2D eigenvalue weighted by atomic mass is 9.95. The summed E-state index contributed by atoms with van der Waals surface area (Å²) >= 11 is 8.69. The Morgan fingerprint density at radius 1 is 1.12 bits per heavy atom. The standard InChI is InChI=1S/C18H16BrN3OS/c1-11-15(17(23)21-14-5-3-2-4-6-14)16(22-18(24)20-11)12-7-9-13(19)10-8-12/h2-10,16H,1H3,(H,21,23)(H2,20,22,24)/t16-/m1/s1. The molecule has 24 heavy (non-hydrogen) atoms. The molecule has 0 bridgehead atoms. The van der Waals surface area contributed by atoms with Gasteiger partial charge in [0.2, 0.25) is 0 Å². The highest BCUT2D eigenvalue weighted by atomic mass is 79.9. The van der Waals surface area contributed by atoms with E-state index in [0.717, 1.165) is 21.4 Å². The van der Waals surface area contributed by atoms with Gasteiger partial charge in [0.25, 0.3) is 5.91 Å². The Hall–Kier alpha value is -2.18. The second-order valence-corrected chi connectivity index (χ2v) is 6.77. The minimum Gasteiger partial charge on any atom is -0.351 e. The van der Waals surface area contributed by atoms with Crippen LogP contribution in [0.2, 0.25) is 0 Å². The Morgan fingerprint density at radius 3 is 2.46 bits per heavy atom. The summed E-state index contributed by atoms with van der Waals surface area (Å²) in [6.45, 7) is 1.86. The largest absolute Gasteiger partial charge is 0.351 e. The molecule has 1 aliphatic rings. The van der Waals surface area contributed by atoms with Gasteiger partial charge in [-0.25, -0.2) is 0 Å². The summed E-state index contributed by atoms with van der Waals surface area (Å²) in [5.41, 5.74) is 3.10. The van der Waals surface area contributed by atoms with Gasteiger partial charge in [-0.05, 0) is 49.0 Å². The summed E-state index contributed by atoms with van der Waals surface area (Å²) in [7, 11) is 0. The van der Waals surface area contributed by atoms with Crippen molar-refractivity contribution in [3.8, 4) is 0 Å². The normalized spacial score (nSPS) is 17.1. The van der Waals surface area contributed by atoms with Gasteiger partial charge >= 0.3 is 0 Å². The highest BCUT2D eigenvalue weighted by molar-refractivity contribution is 9.10. The van der Waals surface area contributed by atoms with Gasteiger partial charge in [-0.3, -0.25) is 4.79 Å². The minimum absolute atomic E-state index is 0.158. The molecule has 0 aliphatic carbocycles. The number of benzene rings is 2. The number of hydrogen-bond donors (Lipinski definition) is 3. The van der Waals surface area contributed by atoms with Crippen LogP contribution in [0, 0.1) is 0 Å². The first-order valence-corrected chi connectivity index (χ1v) is 8.65. The van der Waals surface area contributed by atoms with Crippen molar-refractivity contribution in [1.29, 1.82) is 0 Å². The zero-order valence-electron chi connectivity index (χ0n) is 13.0. The Bertz CT molecular complexity index is 803. The fourth-order valence-electron chi connectivity index (χ4n) is 2.62. The van der Waals surface area contributed by atoms with Crippen LogP contribution in [0.4, 0.5) is 5.69 Å². The predicted molar refractivity (Wildman–Crippen MR) is 104 cm³/mol. The van der Waals surface area contributed by atoms with Crippen LogP contribution in [0.1, 0.15) is 18.5 Å². The van der Waals surface area contributed by atoms with Gasteiger partial charge in [0.15, 0.2) is 5.11 Å². The molecule has 1 heterocycles. The molecule has 3 N–H and O–H groups in total. The van der Waals surface area contributed by atoms with Crippen LogP contribution < -0.4 is 16.0 Å². The maximum atomic E-state index is 12.8. The van der Waals surface area contributed by atoms with Crippen molar-refractivity contribution in [2.45, 2.75) is 13.0 Å². The number of thiocarbonyl (C=S) groups is 1. The fourth-order valence-corrected chi connectivity index (χ4v) is 3.16. The van der Waals surface area contributed by atoms with Gasteiger partial charge in [0.1, 0.15) is 0 Å². The van der Waals surface area contributed by atoms with Crippen LogP contribution in [0.5, 0.6) is 0 Å². The number of allylic oxidation sites excluding steroid dienone is 1. The van der Waals surface area contributed by atoms with Crippen molar-refractivity contribution in [2.24, 2.45) is 0 Å². The predicted octanol–water partition coefficient (Wildman–Crippen LogP) is 3.88. The van der Waals surface area contributed by atoms with E-state index in [4.69, 9.17) is 12.2 Å². The lowest BCUT2D eigenvalue weighted by Crippen LogP contribution is -2.45. The molecule has 0 spiro atoms. The zero-order chi connectivity index (χ0) is 17.1. The van der Waals surface area contributed by atoms with Crippen LogP contribution in [-0.2, 0) is 4.79 Å². The summed E-state index contributed by atoms with van der Waals surface area (Å²) < 4.78 is 0.985. The van der Waals surface area contributed by atoms with E-state index >= 15 is 0 Å². The first-order chi connectivity index (χ1) is 11.5. The van der Waals surface area contributed by atoms with Gasteiger partial charge in [0.05, 0.1) is 11.6 Å². The lowest BCUT2D eigenvalue weighted by Gasteiger charge is -2.30. The molecule has 122 valence electrons. The van der Waals surface area contributed by atoms with Gasteiger partial charge in [0, 0.05) is 15.9 Å². The van der Waals surface area contributed by atoms with Crippen LogP contribution in [-0.4, -0.2) is 11.0 Å². The van der Waals surface area contributed by atoms with Gasteiger partial charge in [-0.15, -0.1) is 0 Å². The molecule has 1 atom stereocenters. The molecular weight excluding hydrogens is 386 g/mol. The maximum absolute atomic E-state index is 12.8. The summed E-state index contributed by atoms with van der Waals surface area (Å²) in [6, 6.07) is 16.9. The smallest absolute Gasteiger partial charge is 0.255 e. The molecule has 0 saturated heterocycles. The number of nitrogens with one attached hydrogen (secondary N) is 3. The fraction of sp³-hybridized carbons (Fsp3) is 0.111. The van der Waals surface area contributed by atoms with Crippen molar-refractivity contribution < 1.29 is 4.79 Å². The third kappa shape index (κ3) is 3.66. The number of hydrogen-bond acceptors (Lipinski definition) is 2. The van der Waals surface area contributed by atoms with Crippen LogP contribution in [0.15, 0.2) is 70.3 Å². The molecule has 4 nitrogen and oxygen atoms in total. The third-order valence-corrected chi connectivity index (χ3v) is 4.50. The molecular formula is C18H16BrN3OS. The van der Waals surface area contributed by atoms with E-state index in [9.17, 15) is 4.79 Å². The molecule has 0 fully saturated rings. The number of amides is 1. The SMILES string of the molecule is CC1=C(C(=O)Nc2ccccc2)[C@@H](c2ccc(Br)cc2)NC(=S)N1. The topological polar surface area (TPSA) is 53.2 Å². The molecule has 1 amide bonds. The van der Waals surface area contributed by atoms with Gasteiger partial charge < -0.3 is 16.0 Å². The number of para-hydroxylation sites is 1. The number of anilines is 1. The number of carbonyl (C=O) groups is 1. The Balaban J connectivity index is 1.94. The lowest BCUT2D eigenvalue weighted by molar-refractivity contribution is -0.113. The molecule has 2 aromatic rings. The minimum atomic E-state index is -0.296. The van der Waals surface area contributed by atoms with Crippen LogP contribution in [0.3, 0.4) is 0 Å². The molecule has 0 saturated carbocycles. The molecule has 0 radical (unpaired) electrons. The van der Waals surface area contributed by atoms with Gasteiger partial charge in [-0.2, -0.15) is 0 Å². The van der Waals surface area contributed by atoms with Gasteiger partial charge in [-0.1, -0.05) is 46.3 Å². The third-order valence-electron chi connectivity index (χ3n) is 3.75. The second-order valence-electron chi connectivity index (χ2n) is 5.44. The molecule has 1 aliphatic heterocycles. The highest BCUT2D eigenvalue weighted by Crippen LogP contribution is 2.28. The van der Waals surface area contributed by atoms with E-state index < -0.39 is 0 Å². The second kappa shape index (κ2) is 7.15. The summed E-state index contributed by atoms with van der Waals surface area (Å²) in [6.07, 6.45) is 0. The zero-order valence-corrected chi connectivity index (χ0v) is 15.4. The van der Waals surface area contributed by atoms with Crippen molar-refractivity contribution in [2.75, 3.05) is 5.32 Å². The number of halogens is 1. The summed E-state index contributed by atoms with van der Waals surface area (Å²) in [4.78, 5) is 12.8. The van der Waals surface area contributed by atoms with E-state index in [2.05, 4.69) is 31.9 Å². The van der Waals surface area contributed by atoms with E-state index in [1.807, 2.05) is 61.5 Å². The van der Waals surface area contributed by atoms with Crippen LogP contribution >= 0.6 is 28.1 Å². The molecule has 0 unspecified atom stereocenters. The van der Waals surface area contributed by atoms with Crippen molar-refractivity contribution in [3.63, 3.8) is 0 Å². The molecule has 3 rings (SSSR count). The number of carbonyl (C=O) groups excluding carboxylic acids is 1. The highest BCUT2D eigenvalue weighted by Gasteiger charge is 2.29. The molecule has 0 aromatic heterocycles. The maximum Gasteiger partial charge on any atom is 0.255 e. The monoisotopic (exact) mass is 401 g/mol. The average Bonchev–Trinajstić information content (AvgIpc) is 2.55. The first-order valence-electron chi connectivity index (χ1n) is 7.45. The quantitative estimate of drug-likeness (QED) is 0.683. The van der Waals surface area contributed by atoms with Crippen LogP contribution in [0.25, 0.3) is 0 Å². The Morgan fingerprint density at radius 2 is 1.79 bits per heavy atom. The Labute approximate surface area is 154 Å². The molecule has 2 aromatic carbocycles.